The first kappa shape index (κ1) is 56.8. The van der Waals surface area contributed by atoms with E-state index in [4.69, 9.17) is 52.1 Å². The van der Waals surface area contributed by atoms with Crippen molar-refractivity contribution in [2.24, 2.45) is 0 Å². The molecule has 0 spiro atoms. The van der Waals surface area contributed by atoms with E-state index in [1.54, 1.807) is 0 Å². The molecule has 13 N–H and O–H groups in total. The summed E-state index contributed by atoms with van der Waals surface area (Å²) in [6.45, 7) is -2.21. The summed E-state index contributed by atoms with van der Waals surface area (Å²) in [7, 11) is 2.58. The molecule has 26 nitrogen and oxygen atoms in total. The normalized spacial score (nSPS) is 29.9. The van der Waals surface area contributed by atoms with Crippen LogP contribution in [0.4, 0.5) is 0 Å². The number of aliphatic hydroxyl groups excluding tert-OH is 8. The topological polar surface area (TPSA) is 399 Å². The molecule has 8 rings (SSSR count). The van der Waals surface area contributed by atoms with Crippen molar-refractivity contribution in [1.29, 1.82) is 0 Å². The molecule has 3 saturated heterocycles. The zero-order valence-corrected chi connectivity index (χ0v) is 41.1. The van der Waals surface area contributed by atoms with Crippen molar-refractivity contribution in [2.45, 2.75) is 92.1 Å². The van der Waals surface area contributed by atoms with Gasteiger partial charge in [0.15, 0.2) is 47.6 Å². The lowest BCUT2D eigenvalue weighted by Gasteiger charge is -2.45. The third-order valence-corrected chi connectivity index (χ3v) is 12.8. The number of esters is 2. The highest BCUT2D eigenvalue weighted by Crippen LogP contribution is 2.47. The van der Waals surface area contributed by atoms with Gasteiger partial charge in [-0.25, -0.2) is 9.59 Å². The van der Waals surface area contributed by atoms with E-state index in [1.165, 1.54) is 74.9 Å². The fraction of sp³-hybridized carbons (Fsp3) is 0.385. The van der Waals surface area contributed by atoms with Crippen LogP contribution in [0.3, 0.4) is 0 Å². The minimum absolute atomic E-state index is 0.00132. The van der Waals surface area contributed by atoms with E-state index < -0.39 is 141 Å². The van der Waals surface area contributed by atoms with Crippen molar-refractivity contribution in [1.82, 2.24) is 0 Å². The Bertz CT molecular complexity index is 2830. The van der Waals surface area contributed by atoms with E-state index in [0.29, 0.717) is 5.56 Å². The number of aliphatic hydroxyl groups is 8. The Balaban J connectivity index is 1.14. The van der Waals surface area contributed by atoms with Gasteiger partial charge < -0.3 is 118 Å². The van der Waals surface area contributed by atoms with Crippen LogP contribution >= 0.6 is 0 Å². The van der Waals surface area contributed by atoms with Gasteiger partial charge in [-0.05, 0) is 65.8 Å². The number of carbonyl (C=O) groups is 2. The van der Waals surface area contributed by atoms with Crippen LogP contribution in [0, 0.1) is 0 Å². The predicted molar refractivity (Wildman–Crippen MR) is 260 cm³/mol. The first-order valence-electron chi connectivity index (χ1n) is 23.8. The fourth-order valence-corrected chi connectivity index (χ4v) is 8.54. The number of ether oxygens (including phenoxy) is 11. The lowest BCUT2D eigenvalue weighted by molar-refractivity contribution is -0.353. The fourth-order valence-electron chi connectivity index (χ4n) is 8.54. The molecule has 0 saturated carbocycles. The molecule has 4 aliphatic heterocycles. The van der Waals surface area contributed by atoms with Crippen molar-refractivity contribution in [2.75, 3.05) is 34.0 Å². The van der Waals surface area contributed by atoms with Gasteiger partial charge in [-0.2, -0.15) is 0 Å². The number of aromatic hydroxyl groups is 5. The van der Waals surface area contributed by atoms with Crippen molar-refractivity contribution in [3.63, 3.8) is 0 Å². The maximum Gasteiger partial charge on any atom is 0.331 e. The van der Waals surface area contributed by atoms with Gasteiger partial charge in [-0.3, -0.25) is 0 Å². The molecule has 15 unspecified atom stereocenters. The van der Waals surface area contributed by atoms with Gasteiger partial charge in [-0.1, -0.05) is 18.2 Å². The largest absolute Gasteiger partial charge is 0.508 e. The van der Waals surface area contributed by atoms with Crippen molar-refractivity contribution < 1.29 is 128 Å². The van der Waals surface area contributed by atoms with Crippen LogP contribution in [0.25, 0.3) is 18.2 Å². The van der Waals surface area contributed by atoms with E-state index in [0.717, 1.165) is 36.4 Å². The SMILES string of the molecule is COc1cc(C=CC(=O)OC2C(OC3C(OC4=Cc5c(cc(O)cc5OC5OC(CO)C(O)C(O)C5O)OC4c4ccc(O)c(O)c4)OC(COC(=O)C=Cc4ccc(O)cc4)C(O)C3O)OCC(O)C2O)cc(OC)c1O. The molecule has 78 heavy (non-hydrogen) atoms. The zero-order valence-electron chi connectivity index (χ0n) is 41.1. The molecule has 0 aliphatic carbocycles. The van der Waals surface area contributed by atoms with Crippen molar-refractivity contribution in [3.05, 3.63) is 107 Å². The van der Waals surface area contributed by atoms with Gasteiger partial charge in [0, 0.05) is 29.8 Å². The van der Waals surface area contributed by atoms with E-state index >= 15 is 0 Å². The van der Waals surface area contributed by atoms with Crippen LogP contribution in [0.5, 0.6) is 51.7 Å². The summed E-state index contributed by atoms with van der Waals surface area (Å²) < 4.78 is 63.6. The lowest BCUT2D eigenvalue weighted by atomic mass is 9.97. The Morgan fingerprint density at radius 1 is 0.628 bits per heavy atom. The summed E-state index contributed by atoms with van der Waals surface area (Å²) in [4.78, 5) is 26.4. The Kier molecular flexibility index (Phi) is 17.8. The number of rotatable bonds is 17. The average molecular weight is 1100 g/mol. The molecular formula is C52H56O26. The van der Waals surface area contributed by atoms with Gasteiger partial charge in [-0.15, -0.1) is 0 Å². The molecule has 0 bridgehead atoms. The summed E-state index contributed by atoms with van der Waals surface area (Å²) in [6.07, 6.45) is -21.6. The molecule has 0 amide bonds. The van der Waals surface area contributed by atoms with Crippen molar-refractivity contribution >= 4 is 30.2 Å². The summed E-state index contributed by atoms with van der Waals surface area (Å²) in [6, 6.07) is 14.2. The summed E-state index contributed by atoms with van der Waals surface area (Å²) >= 11 is 0. The average Bonchev–Trinajstić information content (AvgIpc) is 3.44. The first-order chi connectivity index (χ1) is 37.3. The molecule has 4 heterocycles. The Morgan fingerprint density at radius 3 is 1.97 bits per heavy atom. The van der Waals surface area contributed by atoms with Crippen LogP contribution in [0.15, 0.2) is 84.6 Å². The molecule has 0 radical (unpaired) electrons. The molecule has 0 aromatic heterocycles. The van der Waals surface area contributed by atoms with E-state index in [-0.39, 0.29) is 56.9 Å². The third-order valence-electron chi connectivity index (χ3n) is 12.8. The highest BCUT2D eigenvalue weighted by atomic mass is 16.8. The molecule has 3 fully saturated rings. The summed E-state index contributed by atoms with van der Waals surface area (Å²) in [5.74, 6) is -4.91. The van der Waals surface area contributed by atoms with Crippen molar-refractivity contribution in [3.8, 4) is 51.7 Å². The number of benzene rings is 4. The Labute approximate surface area is 442 Å². The second-order valence-electron chi connectivity index (χ2n) is 18.0. The highest BCUT2D eigenvalue weighted by molar-refractivity contribution is 5.88. The molecule has 420 valence electrons. The first-order valence-corrected chi connectivity index (χ1v) is 23.8. The van der Waals surface area contributed by atoms with Crippen LogP contribution in [-0.2, 0) is 42.7 Å². The predicted octanol–water partition coefficient (Wildman–Crippen LogP) is -0.307. The van der Waals surface area contributed by atoms with Gasteiger partial charge in [0.1, 0.15) is 90.3 Å². The second-order valence-corrected chi connectivity index (χ2v) is 18.0. The smallest absolute Gasteiger partial charge is 0.331 e. The number of hydrogen-bond acceptors (Lipinski definition) is 26. The van der Waals surface area contributed by atoms with Crippen LogP contribution in [-0.4, -0.2) is 198 Å². The zero-order chi connectivity index (χ0) is 56.1. The van der Waals surface area contributed by atoms with Crippen LogP contribution < -0.4 is 18.9 Å². The minimum Gasteiger partial charge on any atom is -0.508 e. The Morgan fingerprint density at radius 2 is 1.29 bits per heavy atom. The standard InChI is InChI=1S/C52H56O26/c1-68-33-13-23(14-34(69-2)41(33)62)6-12-39(60)77-48-40(61)30(58)20-71-51(48)78-49-45(66)43(64)37(21-70-38(59)11-5-22-3-8-25(54)9-4-22)76-52(49)74-35-18-27-31(72-47(35)24-7-10-28(56)29(57)15-24)16-26(55)17-32(27)73-50-46(67)44(65)42(63)36(19-53)75-50/h3-18,30,36-37,40,42-58,61-67H,19-21H2,1-2H3. The quantitative estimate of drug-likeness (QED) is 0.0366. The molecule has 15 atom stereocenters. The number of hydrogen-bond donors (Lipinski definition) is 13. The number of phenolic OH excluding ortho intramolecular Hbond substituents is 5. The van der Waals surface area contributed by atoms with Gasteiger partial charge in [0.05, 0.1) is 33.0 Å². The molecule has 26 heteroatoms. The maximum atomic E-state index is 13.4. The van der Waals surface area contributed by atoms with E-state index in [9.17, 15) is 76.0 Å². The van der Waals surface area contributed by atoms with E-state index in [2.05, 4.69) is 0 Å². The molecule has 4 aromatic carbocycles. The third kappa shape index (κ3) is 12.6. The lowest BCUT2D eigenvalue weighted by Crippen LogP contribution is -2.63. The molecule has 4 aromatic rings. The van der Waals surface area contributed by atoms with Gasteiger partial charge in [0.2, 0.25) is 18.3 Å². The van der Waals surface area contributed by atoms with E-state index in [1.807, 2.05) is 0 Å². The number of phenols is 5. The monoisotopic (exact) mass is 1100 g/mol. The molecule has 4 aliphatic rings. The minimum atomic E-state index is -2.11. The maximum absolute atomic E-state index is 13.4. The second kappa shape index (κ2) is 24.5. The molecular weight excluding hydrogens is 1040 g/mol. The number of methoxy groups -OCH3 is 2. The summed E-state index contributed by atoms with van der Waals surface area (Å²) in [5, 5.41) is 139. The number of fused-ring (bicyclic) bond motifs is 1. The highest BCUT2D eigenvalue weighted by Gasteiger charge is 2.52. The Hall–Kier alpha value is -7.44. The van der Waals surface area contributed by atoms with Crippen LogP contribution in [0.1, 0.15) is 28.4 Å². The number of carbonyl (C=O) groups excluding carboxylic acids is 2. The summed E-state index contributed by atoms with van der Waals surface area (Å²) in [5.41, 5.74) is 0.752. The van der Waals surface area contributed by atoms with Gasteiger partial charge in [0.25, 0.3) is 0 Å². The van der Waals surface area contributed by atoms with Crippen LogP contribution in [0.2, 0.25) is 0 Å². The van der Waals surface area contributed by atoms with Gasteiger partial charge >= 0.3 is 11.9 Å².